The van der Waals surface area contributed by atoms with Crippen molar-refractivity contribution in [3.8, 4) is 0 Å². The van der Waals surface area contributed by atoms with Crippen LogP contribution in [0.5, 0.6) is 0 Å². The zero-order valence-corrected chi connectivity index (χ0v) is 9.14. The number of benzene rings is 1. The van der Waals surface area contributed by atoms with Crippen LogP contribution in [-0.4, -0.2) is 25.5 Å². The molecule has 0 atom stereocenters. The van der Waals surface area contributed by atoms with Crippen molar-refractivity contribution < 1.29 is 38.2 Å². The average molecular weight is 214 g/mol. The first-order valence-corrected chi connectivity index (χ1v) is 4.79. The summed E-state index contributed by atoms with van der Waals surface area (Å²) in [6, 6.07) is 6.55. The van der Waals surface area contributed by atoms with E-state index in [0.717, 1.165) is 5.56 Å². The van der Waals surface area contributed by atoms with Crippen LogP contribution in [0.2, 0.25) is 0 Å². The Morgan fingerprint density at radius 2 is 1.81 bits per heavy atom. The predicted molar refractivity (Wildman–Crippen MR) is 50.2 cm³/mol. The van der Waals surface area contributed by atoms with Crippen molar-refractivity contribution in [1.82, 2.24) is 0 Å². The molecule has 0 saturated carbocycles. The minimum Gasteiger partial charge on any atom is -0.545 e. The molecule has 1 aliphatic heterocycles. The van der Waals surface area contributed by atoms with Gasteiger partial charge < -0.3 is 19.4 Å². The van der Waals surface area contributed by atoms with Gasteiger partial charge in [-0.25, -0.2) is 0 Å². The molecule has 0 aromatic heterocycles. The SMILES string of the molecule is O=C([O-])c1ccc(CC2OCCO2)cc1.[Li+]. The van der Waals surface area contributed by atoms with Crippen LogP contribution in [0.15, 0.2) is 24.3 Å². The summed E-state index contributed by atoms with van der Waals surface area (Å²) in [6.07, 6.45) is 0.451. The summed E-state index contributed by atoms with van der Waals surface area (Å²) in [6.45, 7) is 1.25. The first kappa shape index (κ1) is 13.3. The predicted octanol–water partition coefficient (Wildman–Crippen LogP) is -3.03. The number of carbonyl (C=O) groups excluding carboxylic acids is 1. The third kappa shape index (κ3) is 3.36. The largest absolute Gasteiger partial charge is 1.00 e. The molecule has 1 aromatic rings. The molecule has 0 N–H and O–H groups in total. The summed E-state index contributed by atoms with van der Waals surface area (Å²) >= 11 is 0. The molecule has 1 fully saturated rings. The first-order chi connectivity index (χ1) is 7.25. The van der Waals surface area contributed by atoms with E-state index in [4.69, 9.17) is 9.47 Å². The molecule has 1 aromatic carbocycles. The summed E-state index contributed by atoms with van der Waals surface area (Å²) in [5, 5.41) is 10.5. The van der Waals surface area contributed by atoms with E-state index >= 15 is 0 Å². The second kappa shape index (κ2) is 6.07. The quantitative estimate of drug-likeness (QED) is 0.502. The number of rotatable bonds is 3. The number of hydrogen-bond acceptors (Lipinski definition) is 4. The van der Waals surface area contributed by atoms with Gasteiger partial charge in [-0.2, -0.15) is 0 Å². The zero-order chi connectivity index (χ0) is 10.7. The second-order valence-corrected chi connectivity index (χ2v) is 3.36. The molecule has 0 radical (unpaired) electrons. The van der Waals surface area contributed by atoms with Gasteiger partial charge in [0.2, 0.25) is 0 Å². The number of carboxylic acid groups (broad SMARTS) is 1. The second-order valence-electron chi connectivity index (χ2n) is 3.36. The minimum absolute atomic E-state index is 0. The Morgan fingerprint density at radius 3 is 2.31 bits per heavy atom. The molecule has 0 aliphatic carbocycles. The van der Waals surface area contributed by atoms with Crippen LogP contribution in [0, 0.1) is 0 Å². The molecule has 16 heavy (non-hydrogen) atoms. The van der Waals surface area contributed by atoms with Crippen LogP contribution in [0.3, 0.4) is 0 Å². The van der Waals surface area contributed by atoms with E-state index in [1.54, 1.807) is 12.1 Å². The van der Waals surface area contributed by atoms with E-state index in [2.05, 4.69) is 0 Å². The number of carboxylic acids is 1. The van der Waals surface area contributed by atoms with E-state index in [0.29, 0.717) is 19.6 Å². The maximum atomic E-state index is 10.5. The van der Waals surface area contributed by atoms with Crippen molar-refractivity contribution in [2.24, 2.45) is 0 Å². The Bertz CT molecular complexity index is 344. The monoisotopic (exact) mass is 214 g/mol. The van der Waals surface area contributed by atoms with Gasteiger partial charge in [-0.1, -0.05) is 24.3 Å². The van der Waals surface area contributed by atoms with Gasteiger partial charge in [0, 0.05) is 6.42 Å². The van der Waals surface area contributed by atoms with Crippen molar-refractivity contribution in [1.29, 1.82) is 0 Å². The Balaban J connectivity index is 0.00000128. The van der Waals surface area contributed by atoms with Crippen molar-refractivity contribution in [2.75, 3.05) is 13.2 Å². The van der Waals surface area contributed by atoms with Crippen molar-refractivity contribution in [3.05, 3.63) is 35.4 Å². The Kier molecular flexibility index (Phi) is 5.03. The Labute approximate surface area is 106 Å². The fraction of sp³-hybridized carbons (Fsp3) is 0.364. The number of carbonyl (C=O) groups is 1. The van der Waals surface area contributed by atoms with Gasteiger partial charge in [0.25, 0.3) is 0 Å². The van der Waals surface area contributed by atoms with Crippen LogP contribution in [-0.2, 0) is 15.9 Å². The van der Waals surface area contributed by atoms with Crippen molar-refractivity contribution >= 4 is 5.97 Å². The van der Waals surface area contributed by atoms with Crippen LogP contribution < -0.4 is 24.0 Å². The van der Waals surface area contributed by atoms with Crippen LogP contribution in [0.1, 0.15) is 15.9 Å². The molecule has 1 saturated heterocycles. The molecule has 1 aliphatic rings. The van der Waals surface area contributed by atoms with E-state index in [-0.39, 0.29) is 30.7 Å². The summed E-state index contributed by atoms with van der Waals surface area (Å²) in [4.78, 5) is 10.5. The molecule has 2 rings (SSSR count). The van der Waals surface area contributed by atoms with Crippen LogP contribution in [0.4, 0.5) is 0 Å². The average Bonchev–Trinajstić information content (AvgIpc) is 2.71. The molecule has 1 heterocycles. The molecular formula is C11H11LiO4. The molecule has 5 heteroatoms. The molecule has 0 amide bonds. The number of hydrogen-bond donors (Lipinski definition) is 0. The van der Waals surface area contributed by atoms with Gasteiger partial charge in [0.15, 0.2) is 6.29 Å². The van der Waals surface area contributed by atoms with Crippen molar-refractivity contribution in [2.45, 2.75) is 12.7 Å². The molecule has 4 nitrogen and oxygen atoms in total. The minimum atomic E-state index is -1.16. The normalized spacial score (nSPS) is 15.8. The maximum absolute atomic E-state index is 10.5. The summed E-state index contributed by atoms with van der Waals surface area (Å²) in [5.41, 5.74) is 1.18. The third-order valence-electron chi connectivity index (χ3n) is 2.28. The van der Waals surface area contributed by atoms with Gasteiger partial charge >= 0.3 is 18.9 Å². The fourth-order valence-electron chi connectivity index (χ4n) is 1.49. The standard InChI is InChI=1S/C11H12O4.Li/c12-11(13)9-3-1-8(2-4-9)7-10-14-5-6-15-10;/h1-4,10H,5-7H2,(H,12,13);/q;+1/p-1. The first-order valence-electron chi connectivity index (χ1n) is 4.79. The maximum Gasteiger partial charge on any atom is 1.00 e. The van der Waals surface area contributed by atoms with E-state index in [9.17, 15) is 9.90 Å². The van der Waals surface area contributed by atoms with Crippen LogP contribution in [0.25, 0.3) is 0 Å². The van der Waals surface area contributed by atoms with Crippen molar-refractivity contribution in [3.63, 3.8) is 0 Å². The summed E-state index contributed by atoms with van der Waals surface area (Å²) in [5.74, 6) is -1.16. The van der Waals surface area contributed by atoms with Gasteiger partial charge in [0.05, 0.1) is 19.2 Å². The molecular weight excluding hydrogens is 203 g/mol. The topological polar surface area (TPSA) is 58.6 Å². The van der Waals surface area contributed by atoms with Gasteiger partial charge in [-0.15, -0.1) is 0 Å². The summed E-state index contributed by atoms with van der Waals surface area (Å²) < 4.78 is 10.6. The third-order valence-corrected chi connectivity index (χ3v) is 2.28. The molecule has 0 spiro atoms. The molecule has 80 valence electrons. The number of aromatic carboxylic acids is 1. The van der Waals surface area contributed by atoms with Gasteiger partial charge in [-0.3, -0.25) is 0 Å². The Hall–Kier alpha value is -0.793. The van der Waals surface area contributed by atoms with E-state index in [1.165, 1.54) is 12.1 Å². The molecule has 0 bridgehead atoms. The van der Waals surface area contributed by atoms with E-state index < -0.39 is 5.97 Å². The van der Waals surface area contributed by atoms with E-state index in [1.807, 2.05) is 0 Å². The molecule has 0 unspecified atom stereocenters. The smallest absolute Gasteiger partial charge is 0.545 e. The Morgan fingerprint density at radius 1 is 1.25 bits per heavy atom. The zero-order valence-electron chi connectivity index (χ0n) is 9.14. The summed E-state index contributed by atoms with van der Waals surface area (Å²) in [7, 11) is 0. The van der Waals surface area contributed by atoms with Gasteiger partial charge in [0.1, 0.15) is 0 Å². The fourth-order valence-corrected chi connectivity index (χ4v) is 1.49. The van der Waals surface area contributed by atoms with Crippen LogP contribution >= 0.6 is 0 Å². The van der Waals surface area contributed by atoms with Gasteiger partial charge in [-0.05, 0) is 11.1 Å². The number of ether oxygens (including phenoxy) is 2.